The van der Waals surface area contributed by atoms with E-state index in [0.717, 1.165) is 11.1 Å². The molecule has 0 saturated heterocycles. The molecule has 0 fully saturated rings. The molecule has 0 bridgehead atoms. The monoisotopic (exact) mass is 246 g/mol. The van der Waals surface area contributed by atoms with Crippen LogP contribution in [0, 0.1) is 0 Å². The Morgan fingerprint density at radius 1 is 1.22 bits per heavy atom. The molecule has 0 aliphatic carbocycles. The van der Waals surface area contributed by atoms with Gasteiger partial charge < -0.3 is 10.6 Å². The quantitative estimate of drug-likeness (QED) is 0.808. The maximum atomic E-state index is 11.7. The summed E-state index contributed by atoms with van der Waals surface area (Å²) in [6, 6.07) is 9.92. The van der Waals surface area contributed by atoms with Crippen molar-refractivity contribution in [3.8, 4) is 0 Å². The normalized spacial score (nSPS) is 12.2. The molecule has 0 aliphatic heterocycles. The first kappa shape index (κ1) is 14.5. The first-order chi connectivity index (χ1) is 8.50. The smallest absolute Gasteiger partial charge is 0.237 e. The molecule has 2 N–H and O–H groups in total. The molecule has 1 rings (SSSR count). The minimum Gasteiger partial charge on any atom is -0.353 e. The summed E-state index contributed by atoms with van der Waals surface area (Å²) < 4.78 is 0. The average molecular weight is 246 g/mol. The van der Waals surface area contributed by atoms with E-state index >= 15 is 0 Å². The van der Waals surface area contributed by atoms with Gasteiger partial charge in [-0.25, -0.2) is 0 Å². The third-order valence-electron chi connectivity index (χ3n) is 2.63. The zero-order chi connectivity index (χ0) is 13.5. The fraction of sp³-hybridized carbons (Fsp3) is 0.400. The van der Waals surface area contributed by atoms with Gasteiger partial charge in [-0.1, -0.05) is 36.9 Å². The Labute approximate surface area is 109 Å². The molecule has 1 aromatic carbocycles. The highest BCUT2D eigenvalue weighted by Gasteiger charge is 2.12. The van der Waals surface area contributed by atoms with E-state index < -0.39 is 0 Å². The molecule has 1 atom stereocenters. The highest BCUT2D eigenvalue weighted by atomic mass is 16.2. The molecular formula is C15H22N2O. The molecule has 98 valence electrons. The largest absolute Gasteiger partial charge is 0.353 e. The predicted octanol–water partition coefficient (Wildman–Crippen LogP) is 2.20. The van der Waals surface area contributed by atoms with Crippen LogP contribution in [0.2, 0.25) is 0 Å². The standard InChI is InChI=1S/C15H22N2O/c1-11(2)17-15(18)13(4)16-10-12(3)14-8-6-5-7-9-14/h5-9,11,13,16H,3,10H2,1-2,4H3,(H,17,18). The van der Waals surface area contributed by atoms with Crippen LogP contribution < -0.4 is 10.6 Å². The Balaban J connectivity index is 2.41. The minimum absolute atomic E-state index is 0.0193. The van der Waals surface area contributed by atoms with Crippen LogP contribution in [-0.4, -0.2) is 24.5 Å². The lowest BCUT2D eigenvalue weighted by Gasteiger charge is -2.16. The van der Waals surface area contributed by atoms with Crippen LogP contribution >= 0.6 is 0 Å². The summed E-state index contributed by atoms with van der Waals surface area (Å²) in [5, 5.41) is 6.05. The van der Waals surface area contributed by atoms with E-state index in [1.54, 1.807) is 0 Å². The molecular weight excluding hydrogens is 224 g/mol. The van der Waals surface area contributed by atoms with Crippen LogP contribution in [0.4, 0.5) is 0 Å². The van der Waals surface area contributed by atoms with Crippen LogP contribution in [0.3, 0.4) is 0 Å². The van der Waals surface area contributed by atoms with Gasteiger partial charge in [-0.15, -0.1) is 0 Å². The Morgan fingerprint density at radius 3 is 2.39 bits per heavy atom. The summed E-state index contributed by atoms with van der Waals surface area (Å²) in [5.74, 6) is 0.0193. The molecule has 0 spiro atoms. The lowest BCUT2D eigenvalue weighted by molar-refractivity contribution is -0.123. The molecule has 0 heterocycles. The van der Waals surface area contributed by atoms with Crippen LogP contribution in [-0.2, 0) is 4.79 Å². The Hall–Kier alpha value is -1.61. The third-order valence-corrected chi connectivity index (χ3v) is 2.63. The number of hydrogen-bond acceptors (Lipinski definition) is 2. The van der Waals surface area contributed by atoms with Gasteiger partial charge in [-0.3, -0.25) is 4.79 Å². The van der Waals surface area contributed by atoms with Crippen molar-refractivity contribution in [3.05, 3.63) is 42.5 Å². The maximum Gasteiger partial charge on any atom is 0.237 e. The van der Waals surface area contributed by atoms with E-state index in [0.29, 0.717) is 6.54 Å². The van der Waals surface area contributed by atoms with E-state index in [4.69, 9.17) is 0 Å². The van der Waals surface area contributed by atoms with E-state index in [-0.39, 0.29) is 18.0 Å². The van der Waals surface area contributed by atoms with Crippen molar-refractivity contribution >= 4 is 11.5 Å². The first-order valence-electron chi connectivity index (χ1n) is 6.27. The number of benzene rings is 1. The first-order valence-corrected chi connectivity index (χ1v) is 6.27. The topological polar surface area (TPSA) is 41.1 Å². The van der Waals surface area contributed by atoms with Crippen LogP contribution in [0.5, 0.6) is 0 Å². The van der Waals surface area contributed by atoms with Gasteiger partial charge in [0.25, 0.3) is 0 Å². The van der Waals surface area contributed by atoms with Gasteiger partial charge in [-0.2, -0.15) is 0 Å². The highest BCUT2D eigenvalue weighted by molar-refractivity contribution is 5.81. The molecule has 0 radical (unpaired) electrons. The van der Waals surface area contributed by atoms with Crippen molar-refractivity contribution in [3.63, 3.8) is 0 Å². The molecule has 3 heteroatoms. The molecule has 0 aromatic heterocycles. The van der Waals surface area contributed by atoms with Gasteiger partial charge in [0.2, 0.25) is 5.91 Å². The second-order valence-electron chi connectivity index (χ2n) is 4.74. The molecule has 1 unspecified atom stereocenters. The Kier molecular flexibility index (Phi) is 5.59. The average Bonchev–Trinajstić information content (AvgIpc) is 2.35. The lowest BCUT2D eigenvalue weighted by Crippen LogP contribution is -2.45. The van der Waals surface area contributed by atoms with Crippen molar-refractivity contribution in [1.82, 2.24) is 10.6 Å². The molecule has 3 nitrogen and oxygen atoms in total. The maximum absolute atomic E-state index is 11.7. The number of nitrogens with one attached hydrogen (secondary N) is 2. The number of hydrogen-bond donors (Lipinski definition) is 2. The third kappa shape index (κ3) is 4.72. The van der Waals surface area contributed by atoms with Gasteiger partial charge in [0, 0.05) is 12.6 Å². The van der Waals surface area contributed by atoms with Gasteiger partial charge >= 0.3 is 0 Å². The Bertz CT molecular complexity index is 398. The van der Waals surface area contributed by atoms with Crippen LogP contribution in [0.1, 0.15) is 26.3 Å². The Morgan fingerprint density at radius 2 is 1.83 bits per heavy atom. The number of carbonyl (C=O) groups excluding carboxylic acids is 1. The van der Waals surface area contributed by atoms with Crippen molar-refractivity contribution in [2.24, 2.45) is 0 Å². The van der Waals surface area contributed by atoms with Gasteiger partial charge in [0.05, 0.1) is 6.04 Å². The van der Waals surface area contributed by atoms with E-state index in [1.807, 2.05) is 51.1 Å². The van der Waals surface area contributed by atoms with E-state index in [1.165, 1.54) is 0 Å². The summed E-state index contributed by atoms with van der Waals surface area (Å²) in [6.07, 6.45) is 0. The second kappa shape index (κ2) is 6.97. The van der Waals surface area contributed by atoms with Gasteiger partial charge in [-0.05, 0) is 31.9 Å². The number of carbonyl (C=O) groups is 1. The fourth-order valence-corrected chi connectivity index (χ4v) is 1.55. The number of amides is 1. The zero-order valence-electron chi connectivity index (χ0n) is 11.4. The summed E-state index contributed by atoms with van der Waals surface area (Å²) >= 11 is 0. The van der Waals surface area contributed by atoms with Crippen molar-refractivity contribution in [2.45, 2.75) is 32.9 Å². The molecule has 1 aromatic rings. The second-order valence-corrected chi connectivity index (χ2v) is 4.74. The summed E-state index contributed by atoms with van der Waals surface area (Å²) in [5.41, 5.74) is 2.08. The van der Waals surface area contributed by atoms with E-state index in [9.17, 15) is 4.79 Å². The van der Waals surface area contributed by atoms with Gasteiger partial charge in [0.1, 0.15) is 0 Å². The van der Waals surface area contributed by atoms with Crippen LogP contribution in [0.15, 0.2) is 36.9 Å². The molecule has 0 saturated carbocycles. The zero-order valence-corrected chi connectivity index (χ0v) is 11.4. The van der Waals surface area contributed by atoms with E-state index in [2.05, 4.69) is 17.2 Å². The highest BCUT2D eigenvalue weighted by Crippen LogP contribution is 2.10. The van der Waals surface area contributed by atoms with Crippen molar-refractivity contribution in [1.29, 1.82) is 0 Å². The minimum atomic E-state index is -0.215. The fourth-order valence-electron chi connectivity index (χ4n) is 1.55. The summed E-state index contributed by atoms with van der Waals surface area (Å²) in [6.45, 7) is 10.4. The van der Waals surface area contributed by atoms with Crippen molar-refractivity contribution in [2.75, 3.05) is 6.54 Å². The SMILES string of the molecule is C=C(CNC(C)C(=O)NC(C)C)c1ccccc1. The van der Waals surface area contributed by atoms with Crippen molar-refractivity contribution < 1.29 is 4.79 Å². The summed E-state index contributed by atoms with van der Waals surface area (Å²) in [4.78, 5) is 11.7. The summed E-state index contributed by atoms with van der Waals surface area (Å²) in [7, 11) is 0. The molecule has 0 aliphatic rings. The van der Waals surface area contributed by atoms with Crippen LogP contribution in [0.25, 0.3) is 5.57 Å². The molecule has 18 heavy (non-hydrogen) atoms. The lowest BCUT2D eigenvalue weighted by atomic mass is 10.1. The van der Waals surface area contributed by atoms with Gasteiger partial charge in [0.15, 0.2) is 0 Å². The molecule has 1 amide bonds. The predicted molar refractivity (Wildman–Crippen MR) is 76.2 cm³/mol. The number of rotatable bonds is 6.